The van der Waals surface area contributed by atoms with Crippen molar-refractivity contribution in [1.82, 2.24) is 20.2 Å². The first-order chi connectivity index (χ1) is 9.83. The lowest BCUT2D eigenvalue weighted by Gasteiger charge is -2.14. The summed E-state index contributed by atoms with van der Waals surface area (Å²) in [5.41, 5.74) is 2.78. The Morgan fingerprint density at radius 1 is 1.15 bits per heavy atom. The van der Waals surface area contributed by atoms with Crippen molar-refractivity contribution in [2.45, 2.75) is 13.0 Å². The number of nitrogens with zero attached hydrogens (tertiary/aromatic N) is 4. The third kappa shape index (κ3) is 2.64. The molecule has 1 atom stereocenters. The van der Waals surface area contributed by atoms with Gasteiger partial charge in [0.05, 0.1) is 17.9 Å². The van der Waals surface area contributed by atoms with E-state index in [-0.39, 0.29) is 6.04 Å². The van der Waals surface area contributed by atoms with Crippen LogP contribution in [0.25, 0.3) is 11.5 Å². The predicted octanol–water partition coefficient (Wildman–Crippen LogP) is 2.70. The van der Waals surface area contributed by atoms with Crippen molar-refractivity contribution in [2.24, 2.45) is 0 Å². The molecule has 0 saturated heterocycles. The van der Waals surface area contributed by atoms with E-state index in [1.165, 1.54) is 6.39 Å². The van der Waals surface area contributed by atoms with Gasteiger partial charge in [0.1, 0.15) is 0 Å². The standard InChI is InChI=1S/C14H13N5O/c1-10(13-8-15-6-7-16-13)18-12-4-2-11(3-5-12)14-19-17-9-20-14/h2-10,18H,1H3. The largest absolute Gasteiger partial charge is 0.423 e. The van der Waals surface area contributed by atoms with Crippen molar-refractivity contribution < 1.29 is 4.42 Å². The number of nitrogens with one attached hydrogen (secondary N) is 1. The Morgan fingerprint density at radius 3 is 2.65 bits per heavy atom. The van der Waals surface area contributed by atoms with Gasteiger partial charge in [0, 0.05) is 23.6 Å². The Kier molecular flexibility index (Phi) is 3.36. The van der Waals surface area contributed by atoms with E-state index in [0.29, 0.717) is 5.89 Å². The lowest BCUT2D eigenvalue weighted by molar-refractivity contribution is 0.568. The SMILES string of the molecule is CC(Nc1ccc(-c2nnco2)cc1)c1cnccn1. The van der Waals surface area contributed by atoms with Crippen molar-refractivity contribution >= 4 is 5.69 Å². The molecule has 2 heterocycles. The fraction of sp³-hybridized carbons (Fsp3) is 0.143. The summed E-state index contributed by atoms with van der Waals surface area (Å²) in [6.07, 6.45) is 6.42. The minimum Gasteiger partial charge on any atom is -0.423 e. The summed E-state index contributed by atoms with van der Waals surface area (Å²) >= 11 is 0. The van der Waals surface area contributed by atoms with E-state index >= 15 is 0 Å². The monoisotopic (exact) mass is 267 g/mol. The molecule has 3 aromatic rings. The maximum Gasteiger partial charge on any atom is 0.247 e. The second-order valence-electron chi connectivity index (χ2n) is 4.32. The average Bonchev–Trinajstić information content (AvgIpc) is 3.03. The van der Waals surface area contributed by atoms with Crippen LogP contribution >= 0.6 is 0 Å². The molecule has 20 heavy (non-hydrogen) atoms. The van der Waals surface area contributed by atoms with Gasteiger partial charge < -0.3 is 9.73 Å². The number of benzene rings is 1. The van der Waals surface area contributed by atoms with E-state index in [1.807, 2.05) is 31.2 Å². The molecule has 0 bridgehead atoms. The summed E-state index contributed by atoms with van der Waals surface area (Å²) < 4.78 is 5.15. The molecule has 1 aromatic carbocycles. The Balaban J connectivity index is 1.72. The molecule has 3 rings (SSSR count). The molecular weight excluding hydrogens is 254 g/mol. The molecule has 0 aliphatic heterocycles. The van der Waals surface area contributed by atoms with Crippen LogP contribution in [0.15, 0.2) is 53.7 Å². The Bertz CT molecular complexity index is 652. The van der Waals surface area contributed by atoms with Crippen molar-refractivity contribution in [3.63, 3.8) is 0 Å². The first-order valence-electron chi connectivity index (χ1n) is 6.22. The number of aromatic nitrogens is 4. The topological polar surface area (TPSA) is 76.7 Å². The van der Waals surface area contributed by atoms with Gasteiger partial charge in [-0.1, -0.05) is 0 Å². The minimum absolute atomic E-state index is 0.0814. The molecular formula is C14H13N5O. The van der Waals surface area contributed by atoms with Crippen LogP contribution in [0.3, 0.4) is 0 Å². The minimum atomic E-state index is 0.0814. The van der Waals surface area contributed by atoms with E-state index in [4.69, 9.17) is 4.42 Å². The highest BCUT2D eigenvalue weighted by Crippen LogP contribution is 2.21. The highest BCUT2D eigenvalue weighted by molar-refractivity contribution is 5.58. The summed E-state index contributed by atoms with van der Waals surface area (Å²) in [5.74, 6) is 0.513. The second kappa shape index (κ2) is 5.48. The van der Waals surface area contributed by atoms with Crippen LogP contribution in [0.1, 0.15) is 18.7 Å². The normalized spacial score (nSPS) is 12.1. The first-order valence-corrected chi connectivity index (χ1v) is 6.22. The highest BCUT2D eigenvalue weighted by Gasteiger charge is 2.07. The van der Waals surface area contributed by atoms with Crippen LogP contribution in [0.5, 0.6) is 0 Å². The zero-order valence-electron chi connectivity index (χ0n) is 10.9. The third-order valence-electron chi connectivity index (χ3n) is 2.90. The van der Waals surface area contributed by atoms with E-state index in [1.54, 1.807) is 18.6 Å². The number of hydrogen-bond donors (Lipinski definition) is 1. The molecule has 1 N–H and O–H groups in total. The molecule has 6 heteroatoms. The van der Waals surface area contributed by atoms with Gasteiger partial charge >= 0.3 is 0 Å². The van der Waals surface area contributed by atoms with Gasteiger partial charge in [-0.3, -0.25) is 9.97 Å². The van der Waals surface area contributed by atoms with Crippen LogP contribution in [-0.2, 0) is 0 Å². The van der Waals surface area contributed by atoms with E-state index in [9.17, 15) is 0 Å². The van der Waals surface area contributed by atoms with E-state index in [2.05, 4.69) is 25.5 Å². The molecule has 0 amide bonds. The highest BCUT2D eigenvalue weighted by atomic mass is 16.4. The van der Waals surface area contributed by atoms with Crippen molar-refractivity contribution in [1.29, 1.82) is 0 Å². The lowest BCUT2D eigenvalue weighted by Crippen LogP contribution is -2.08. The number of rotatable bonds is 4. The zero-order chi connectivity index (χ0) is 13.8. The summed E-state index contributed by atoms with van der Waals surface area (Å²) in [4.78, 5) is 8.34. The second-order valence-corrected chi connectivity index (χ2v) is 4.32. The van der Waals surface area contributed by atoms with Gasteiger partial charge in [-0.15, -0.1) is 10.2 Å². The number of anilines is 1. The average molecular weight is 267 g/mol. The summed E-state index contributed by atoms with van der Waals surface area (Å²) in [6.45, 7) is 2.04. The van der Waals surface area contributed by atoms with Crippen LogP contribution in [0, 0.1) is 0 Å². The summed E-state index contributed by atoms with van der Waals surface area (Å²) in [5, 5.41) is 10.9. The quantitative estimate of drug-likeness (QED) is 0.783. The predicted molar refractivity (Wildman–Crippen MR) is 73.8 cm³/mol. The molecule has 1 unspecified atom stereocenters. The van der Waals surface area contributed by atoms with Gasteiger partial charge in [-0.2, -0.15) is 0 Å². The van der Waals surface area contributed by atoms with Gasteiger partial charge in [0.2, 0.25) is 12.3 Å². The first kappa shape index (κ1) is 12.3. The van der Waals surface area contributed by atoms with Gasteiger partial charge in [0.25, 0.3) is 0 Å². The third-order valence-corrected chi connectivity index (χ3v) is 2.90. The smallest absolute Gasteiger partial charge is 0.247 e. The van der Waals surface area contributed by atoms with Gasteiger partial charge in [-0.05, 0) is 31.2 Å². The van der Waals surface area contributed by atoms with Crippen LogP contribution in [-0.4, -0.2) is 20.2 Å². The zero-order valence-corrected chi connectivity index (χ0v) is 10.9. The molecule has 0 radical (unpaired) electrons. The van der Waals surface area contributed by atoms with Crippen molar-refractivity contribution in [3.05, 3.63) is 54.9 Å². The molecule has 0 aliphatic rings. The van der Waals surface area contributed by atoms with E-state index in [0.717, 1.165) is 16.9 Å². The van der Waals surface area contributed by atoms with Crippen LogP contribution in [0.4, 0.5) is 5.69 Å². The lowest BCUT2D eigenvalue weighted by atomic mass is 10.2. The maximum absolute atomic E-state index is 5.15. The Labute approximate surface area is 115 Å². The Morgan fingerprint density at radius 2 is 2.00 bits per heavy atom. The van der Waals surface area contributed by atoms with E-state index < -0.39 is 0 Å². The van der Waals surface area contributed by atoms with Gasteiger partial charge in [-0.25, -0.2) is 0 Å². The molecule has 2 aromatic heterocycles. The fourth-order valence-electron chi connectivity index (χ4n) is 1.87. The Hall–Kier alpha value is -2.76. The van der Waals surface area contributed by atoms with Crippen LogP contribution < -0.4 is 5.32 Å². The van der Waals surface area contributed by atoms with Crippen molar-refractivity contribution in [3.8, 4) is 11.5 Å². The van der Waals surface area contributed by atoms with Gasteiger partial charge in [0.15, 0.2) is 0 Å². The molecule has 100 valence electrons. The molecule has 6 nitrogen and oxygen atoms in total. The number of hydrogen-bond acceptors (Lipinski definition) is 6. The van der Waals surface area contributed by atoms with Crippen LogP contribution in [0.2, 0.25) is 0 Å². The van der Waals surface area contributed by atoms with Crippen molar-refractivity contribution in [2.75, 3.05) is 5.32 Å². The maximum atomic E-state index is 5.15. The summed E-state index contributed by atoms with van der Waals surface area (Å²) in [7, 11) is 0. The molecule has 0 aliphatic carbocycles. The summed E-state index contributed by atoms with van der Waals surface area (Å²) in [6, 6.07) is 7.87. The fourth-order valence-corrected chi connectivity index (χ4v) is 1.87. The molecule has 0 spiro atoms. The molecule has 0 saturated carbocycles. The molecule has 0 fully saturated rings.